The van der Waals surface area contributed by atoms with Gasteiger partial charge in [0.1, 0.15) is 0 Å². The number of hydroxylamine groups is 1. The van der Waals surface area contributed by atoms with Crippen LogP contribution in [0.2, 0.25) is 0 Å². The maximum atomic E-state index is 14.7. The molecular weight excluding hydrogens is 400 g/mol. The third kappa shape index (κ3) is 4.65. The maximum Gasteiger partial charge on any atom is 0.282 e. The van der Waals surface area contributed by atoms with Crippen LogP contribution in [0.15, 0.2) is 48.5 Å². The number of hydrogen-bond acceptors (Lipinski definition) is 5. The van der Waals surface area contributed by atoms with Crippen LogP contribution in [0, 0.1) is 0 Å². The molecule has 8 heteroatoms. The lowest BCUT2D eigenvalue weighted by Crippen LogP contribution is -2.28. The molecule has 0 saturated heterocycles. The predicted molar refractivity (Wildman–Crippen MR) is 108 cm³/mol. The molecule has 0 bridgehead atoms. The fourth-order valence-corrected chi connectivity index (χ4v) is 3.94. The van der Waals surface area contributed by atoms with E-state index in [0.717, 1.165) is 11.3 Å². The highest BCUT2D eigenvalue weighted by Crippen LogP contribution is 2.43. The molecule has 0 aliphatic heterocycles. The van der Waals surface area contributed by atoms with Crippen LogP contribution in [0.3, 0.4) is 0 Å². The number of alkyl halides is 2. The first-order chi connectivity index (χ1) is 13.9. The van der Waals surface area contributed by atoms with Gasteiger partial charge in [-0.25, -0.2) is 8.78 Å². The second-order valence-electron chi connectivity index (χ2n) is 6.33. The van der Waals surface area contributed by atoms with Crippen molar-refractivity contribution in [3.8, 4) is 11.5 Å². The van der Waals surface area contributed by atoms with Crippen molar-refractivity contribution in [3.05, 3.63) is 53.4 Å². The molecule has 0 spiro atoms. The van der Waals surface area contributed by atoms with Gasteiger partial charge >= 0.3 is 0 Å². The lowest BCUT2D eigenvalue weighted by atomic mass is 10.1. The monoisotopic (exact) mass is 421 g/mol. The van der Waals surface area contributed by atoms with Crippen molar-refractivity contribution in [3.63, 3.8) is 0 Å². The zero-order chi connectivity index (χ0) is 21.0. The lowest BCUT2D eigenvalue weighted by molar-refractivity contribution is -0.125. The summed E-state index contributed by atoms with van der Waals surface area (Å²) < 4.78 is 40.9. The van der Waals surface area contributed by atoms with Gasteiger partial charge in [0.15, 0.2) is 11.5 Å². The average Bonchev–Trinajstić information content (AvgIpc) is 3.15. The normalized spacial score (nSPS) is 11.5. The van der Waals surface area contributed by atoms with Crippen LogP contribution in [0.1, 0.15) is 24.6 Å². The van der Waals surface area contributed by atoms with Gasteiger partial charge in [0.2, 0.25) is 0 Å². The summed E-state index contributed by atoms with van der Waals surface area (Å²) in [5.41, 5.74) is 0.234. The average molecular weight is 421 g/mol. The van der Waals surface area contributed by atoms with Crippen molar-refractivity contribution >= 4 is 33.0 Å². The number of anilines is 1. The highest BCUT2D eigenvalue weighted by atomic mass is 32.1. The molecule has 3 aromatic rings. The minimum Gasteiger partial charge on any atom is -0.493 e. The summed E-state index contributed by atoms with van der Waals surface area (Å²) in [4.78, 5) is 12.0. The number of fused-ring (bicyclic) bond motifs is 1. The first-order valence-corrected chi connectivity index (χ1v) is 9.87. The third-order valence-corrected chi connectivity index (χ3v) is 5.56. The molecule has 2 aromatic carbocycles. The Labute approximate surface area is 171 Å². The summed E-state index contributed by atoms with van der Waals surface area (Å²) in [6.45, 7) is 2.26. The van der Waals surface area contributed by atoms with E-state index >= 15 is 0 Å². The van der Waals surface area contributed by atoms with Crippen LogP contribution in [0.25, 0.3) is 10.1 Å². The Hall–Kier alpha value is -2.71. The van der Waals surface area contributed by atoms with Crippen LogP contribution >= 0.6 is 11.3 Å². The van der Waals surface area contributed by atoms with Gasteiger partial charge in [-0.1, -0.05) is 18.2 Å². The van der Waals surface area contributed by atoms with Crippen LogP contribution in [0.4, 0.5) is 14.5 Å². The Bertz CT molecular complexity index is 991. The Morgan fingerprint density at radius 1 is 1.17 bits per heavy atom. The maximum absolute atomic E-state index is 14.7. The van der Waals surface area contributed by atoms with E-state index in [9.17, 15) is 18.8 Å². The molecule has 1 aromatic heterocycles. The van der Waals surface area contributed by atoms with Crippen molar-refractivity contribution in [1.82, 2.24) is 0 Å². The number of para-hydroxylation sites is 1. The van der Waals surface area contributed by atoms with Gasteiger partial charge in [0.25, 0.3) is 11.8 Å². The number of carbonyl (C=O) groups excluding carboxylic acids is 1. The van der Waals surface area contributed by atoms with E-state index in [2.05, 4.69) is 0 Å². The number of benzene rings is 2. The van der Waals surface area contributed by atoms with Crippen LogP contribution < -0.4 is 14.5 Å². The fourth-order valence-electron chi connectivity index (χ4n) is 2.86. The van der Waals surface area contributed by atoms with Crippen molar-refractivity contribution < 1.29 is 28.3 Å². The van der Waals surface area contributed by atoms with E-state index in [0.29, 0.717) is 33.3 Å². The summed E-state index contributed by atoms with van der Waals surface area (Å²) in [7, 11) is 1.49. The minimum atomic E-state index is -3.21. The zero-order valence-electron chi connectivity index (χ0n) is 16.0. The number of rotatable bonds is 8. The van der Waals surface area contributed by atoms with Gasteiger partial charge in [-0.05, 0) is 36.6 Å². The number of thiophene rings is 1. The standard InChI is InChI=1S/C21H21F2NO4S/c1-3-28-17-13-18-14(11-16(17)27-2)12-19(29-18)21(22,23)10-9-20(25)24(26)15-7-5-4-6-8-15/h4-8,11-13,26H,3,9-10H2,1-2H3. The van der Waals surface area contributed by atoms with Gasteiger partial charge < -0.3 is 9.47 Å². The number of nitrogens with zero attached hydrogens (tertiary/aromatic N) is 1. The Morgan fingerprint density at radius 3 is 2.55 bits per heavy atom. The third-order valence-electron chi connectivity index (χ3n) is 4.35. The summed E-state index contributed by atoms with van der Waals surface area (Å²) in [6.07, 6.45) is -1.21. The van der Waals surface area contributed by atoms with Gasteiger partial charge in [0, 0.05) is 23.6 Å². The predicted octanol–water partition coefficient (Wildman–Crippen LogP) is 5.60. The number of carbonyl (C=O) groups is 1. The summed E-state index contributed by atoms with van der Waals surface area (Å²) in [6, 6.07) is 12.8. The molecule has 1 N–H and O–H groups in total. The smallest absolute Gasteiger partial charge is 0.282 e. The number of ether oxygens (including phenoxy) is 2. The molecule has 0 saturated carbocycles. The molecule has 1 heterocycles. The van der Waals surface area contributed by atoms with Crippen molar-refractivity contribution in [2.45, 2.75) is 25.7 Å². The summed E-state index contributed by atoms with van der Waals surface area (Å²) in [5.74, 6) is -3.04. The molecule has 0 aliphatic rings. The molecule has 0 aliphatic carbocycles. The minimum absolute atomic E-state index is 0.153. The van der Waals surface area contributed by atoms with E-state index in [1.54, 1.807) is 30.3 Å². The largest absolute Gasteiger partial charge is 0.493 e. The number of methoxy groups -OCH3 is 1. The molecule has 0 unspecified atom stereocenters. The lowest BCUT2D eigenvalue weighted by Gasteiger charge is -2.18. The highest BCUT2D eigenvalue weighted by Gasteiger charge is 2.35. The van der Waals surface area contributed by atoms with Gasteiger partial charge in [0.05, 0.1) is 24.3 Å². The summed E-state index contributed by atoms with van der Waals surface area (Å²) >= 11 is 0.947. The molecule has 5 nitrogen and oxygen atoms in total. The molecule has 0 radical (unpaired) electrons. The Balaban J connectivity index is 1.76. The topological polar surface area (TPSA) is 59.0 Å². The van der Waals surface area contributed by atoms with E-state index in [-0.39, 0.29) is 10.6 Å². The number of halogens is 2. The first kappa shape index (κ1) is 21.0. The van der Waals surface area contributed by atoms with Crippen LogP contribution in [0.5, 0.6) is 11.5 Å². The van der Waals surface area contributed by atoms with Gasteiger partial charge in [-0.3, -0.25) is 10.0 Å². The van der Waals surface area contributed by atoms with E-state index in [4.69, 9.17) is 9.47 Å². The highest BCUT2D eigenvalue weighted by molar-refractivity contribution is 7.19. The zero-order valence-corrected chi connectivity index (χ0v) is 16.8. The van der Waals surface area contributed by atoms with Crippen molar-refractivity contribution in [2.75, 3.05) is 18.8 Å². The molecule has 3 rings (SSSR count). The fraction of sp³-hybridized carbons (Fsp3) is 0.286. The van der Waals surface area contributed by atoms with E-state index in [1.807, 2.05) is 6.92 Å². The first-order valence-electron chi connectivity index (χ1n) is 9.05. The Morgan fingerprint density at radius 2 is 1.90 bits per heavy atom. The summed E-state index contributed by atoms with van der Waals surface area (Å²) in [5, 5.41) is 10.9. The second-order valence-corrected chi connectivity index (χ2v) is 7.41. The molecule has 0 atom stereocenters. The van der Waals surface area contributed by atoms with E-state index in [1.165, 1.54) is 25.3 Å². The molecule has 1 amide bonds. The quantitative estimate of drug-likeness (QED) is 0.380. The van der Waals surface area contributed by atoms with Gasteiger partial charge in [-0.2, -0.15) is 5.06 Å². The van der Waals surface area contributed by atoms with E-state index < -0.39 is 24.7 Å². The number of amides is 1. The molecule has 154 valence electrons. The van der Waals surface area contributed by atoms with Gasteiger partial charge in [-0.15, -0.1) is 11.3 Å². The SMILES string of the molecule is CCOc1cc2sc(C(F)(F)CCC(=O)N(O)c3ccccc3)cc2cc1OC. The molecule has 29 heavy (non-hydrogen) atoms. The molecular formula is C21H21F2NO4S. The molecule has 0 fully saturated rings. The number of hydrogen-bond donors (Lipinski definition) is 1. The van der Waals surface area contributed by atoms with Crippen molar-refractivity contribution in [1.29, 1.82) is 0 Å². The van der Waals surface area contributed by atoms with Crippen LogP contribution in [-0.4, -0.2) is 24.8 Å². The second kappa shape index (κ2) is 8.75. The van der Waals surface area contributed by atoms with Crippen molar-refractivity contribution in [2.24, 2.45) is 0 Å². The van der Waals surface area contributed by atoms with Crippen LogP contribution in [-0.2, 0) is 10.7 Å². The Kier molecular flexibility index (Phi) is 6.34.